The first-order chi connectivity index (χ1) is 13.1. The molecule has 0 radical (unpaired) electrons. The summed E-state index contributed by atoms with van der Waals surface area (Å²) in [6.45, 7) is 0. The van der Waals surface area contributed by atoms with Crippen LogP contribution in [0.5, 0.6) is 17.2 Å². The van der Waals surface area contributed by atoms with Crippen LogP contribution in [0.2, 0.25) is 0 Å². The van der Waals surface area contributed by atoms with E-state index >= 15 is 0 Å². The van der Waals surface area contributed by atoms with Crippen molar-refractivity contribution >= 4 is 22.7 Å². The van der Waals surface area contributed by atoms with Gasteiger partial charge in [-0.05, 0) is 18.2 Å². The van der Waals surface area contributed by atoms with Gasteiger partial charge >= 0.3 is 0 Å². The van der Waals surface area contributed by atoms with Gasteiger partial charge in [-0.3, -0.25) is 25.4 Å². The standard InChI is InChI=1S/C18H18N4O5/c1-25-13-9-14(26-2)16(27-3)15-10(13)8-12(20-15)18(24)22-21-17(23)11-6-4-5-7-19-11/h4-9,20H,1-3H3,(H,21,23)(H,22,24). The van der Waals surface area contributed by atoms with Crippen LogP contribution in [0.1, 0.15) is 21.0 Å². The van der Waals surface area contributed by atoms with E-state index < -0.39 is 11.8 Å². The number of aromatic amines is 1. The number of aromatic nitrogens is 2. The quantitative estimate of drug-likeness (QED) is 0.589. The molecule has 0 atom stereocenters. The van der Waals surface area contributed by atoms with Crippen LogP contribution in [0.15, 0.2) is 36.5 Å². The number of carbonyl (C=O) groups excluding carboxylic acids is 2. The van der Waals surface area contributed by atoms with Crippen LogP contribution in [0.4, 0.5) is 0 Å². The SMILES string of the molecule is COc1cc(OC)c2cc(C(=O)NNC(=O)c3ccccn3)[nH]c2c1OC. The molecule has 9 heteroatoms. The molecule has 0 aliphatic carbocycles. The second-order valence-corrected chi connectivity index (χ2v) is 5.41. The van der Waals surface area contributed by atoms with Gasteiger partial charge in [0, 0.05) is 17.6 Å². The van der Waals surface area contributed by atoms with Crippen molar-refractivity contribution in [2.24, 2.45) is 0 Å². The van der Waals surface area contributed by atoms with E-state index in [4.69, 9.17) is 14.2 Å². The molecule has 3 rings (SSSR count). The lowest BCUT2D eigenvalue weighted by Gasteiger charge is -2.11. The zero-order valence-electron chi connectivity index (χ0n) is 15.0. The average molecular weight is 370 g/mol. The number of H-pyrrole nitrogens is 1. The summed E-state index contributed by atoms with van der Waals surface area (Å²) in [5.74, 6) is 0.329. The van der Waals surface area contributed by atoms with Crippen molar-refractivity contribution in [3.8, 4) is 17.2 Å². The first-order valence-electron chi connectivity index (χ1n) is 7.92. The third-order valence-corrected chi connectivity index (χ3v) is 3.87. The molecule has 0 spiro atoms. The Labute approximate surface area is 154 Å². The Morgan fingerprint density at radius 3 is 2.33 bits per heavy atom. The van der Waals surface area contributed by atoms with Crippen LogP contribution in [0, 0.1) is 0 Å². The van der Waals surface area contributed by atoms with Crippen molar-refractivity contribution in [2.45, 2.75) is 0 Å². The lowest BCUT2D eigenvalue weighted by Crippen LogP contribution is -2.42. The Hall–Kier alpha value is -3.75. The molecule has 3 N–H and O–H groups in total. The molecular formula is C18H18N4O5. The van der Waals surface area contributed by atoms with Gasteiger partial charge in [0.1, 0.15) is 17.1 Å². The van der Waals surface area contributed by atoms with Crippen molar-refractivity contribution in [1.82, 2.24) is 20.8 Å². The number of carbonyl (C=O) groups is 2. The summed E-state index contributed by atoms with van der Waals surface area (Å²) in [6, 6.07) is 8.16. The molecule has 0 aliphatic rings. The van der Waals surface area contributed by atoms with Crippen molar-refractivity contribution in [2.75, 3.05) is 21.3 Å². The number of nitrogens with one attached hydrogen (secondary N) is 3. The fraction of sp³-hybridized carbons (Fsp3) is 0.167. The van der Waals surface area contributed by atoms with Gasteiger partial charge in [0.2, 0.25) is 0 Å². The maximum atomic E-state index is 12.4. The second-order valence-electron chi connectivity index (χ2n) is 5.41. The van der Waals surface area contributed by atoms with E-state index in [-0.39, 0.29) is 11.4 Å². The number of benzene rings is 1. The molecule has 0 bridgehead atoms. The molecule has 0 saturated heterocycles. The van der Waals surface area contributed by atoms with Crippen LogP contribution < -0.4 is 25.1 Å². The number of nitrogens with zero attached hydrogens (tertiary/aromatic N) is 1. The van der Waals surface area contributed by atoms with Crippen LogP contribution in [-0.4, -0.2) is 43.1 Å². The molecule has 9 nitrogen and oxygen atoms in total. The number of hydrazine groups is 1. The summed E-state index contributed by atoms with van der Waals surface area (Å²) in [4.78, 5) is 31.3. The van der Waals surface area contributed by atoms with Gasteiger partial charge in [-0.15, -0.1) is 0 Å². The highest BCUT2D eigenvalue weighted by Crippen LogP contribution is 2.41. The van der Waals surface area contributed by atoms with E-state index in [1.165, 1.54) is 33.6 Å². The van der Waals surface area contributed by atoms with Crippen molar-refractivity contribution in [3.05, 3.63) is 47.9 Å². The van der Waals surface area contributed by atoms with Gasteiger partial charge in [0.15, 0.2) is 11.5 Å². The minimum Gasteiger partial charge on any atom is -0.496 e. The molecule has 3 aromatic rings. The highest BCUT2D eigenvalue weighted by Gasteiger charge is 2.20. The number of rotatable bonds is 5. The zero-order chi connectivity index (χ0) is 19.4. The third-order valence-electron chi connectivity index (χ3n) is 3.87. The first-order valence-corrected chi connectivity index (χ1v) is 7.92. The molecule has 2 aromatic heterocycles. The summed E-state index contributed by atoms with van der Waals surface area (Å²) < 4.78 is 16.0. The molecule has 140 valence electrons. The molecule has 0 unspecified atom stereocenters. The Kier molecular flexibility index (Phi) is 5.11. The van der Waals surface area contributed by atoms with Crippen LogP contribution >= 0.6 is 0 Å². The monoisotopic (exact) mass is 370 g/mol. The van der Waals surface area contributed by atoms with Crippen LogP contribution in [0.25, 0.3) is 10.9 Å². The van der Waals surface area contributed by atoms with E-state index in [0.29, 0.717) is 28.2 Å². The lowest BCUT2D eigenvalue weighted by atomic mass is 10.2. The minimum atomic E-state index is -0.543. The Morgan fingerprint density at radius 2 is 1.70 bits per heavy atom. The summed E-state index contributed by atoms with van der Waals surface area (Å²) in [7, 11) is 4.52. The number of hydrogen-bond donors (Lipinski definition) is 3. The Bertz CT molecular complexity index is 984. The number of methoxy groups -OCH3 is 3. The lowest BCUT2D eigenvalue weighted by molar-refractivity contribution is 0.0842. The number of pyridine rings is 1. The van der Waals surface area contributed by atoms with E-state index in [2.05, 4.69) is 20.8 Å². The molecule has 27 heavy (non-hydrogen) atoms. The molecule has 2 heterocycles. The molecule has 0 saturated carbocycles. The smallest absolute Gasteiger partial charge is 0.288 e. The van der Waals surface area contributed by atoms with Gasteiger partial charge in [0.05, 0.1) is 26.8 Å². The predicted octanol–water partition coefficient (Wildman–Crippen LogP) is 1.66. The molecule has 1 aromatic carbocycles. The van der Waals surface area contributed by atoms with Crippen molar-refractivity contribution in [3.63, 3.8) is 0 Å². The van der Waals surface area contributed by atoms with E-state index in [1.54, 1.807) is 24.3 Å². The van der Waals surface area contributed by atoms with Crippen LogP contribution in [-0.2, 0) is 0 Å². The summed E-state index contributed by atoms with van der Waals surface area (Å²) in [5, 5.41) is 0.636. The Morgan fingerprint density at radius 1 is 0.963 bits per heavy atom. The fourth-order valence-electron chi connectivity index (χ4n) is 2.60. The van der Waals surface area contributed by atoms with E-state index in [0.717, 1.165) is 0 Å². The fourth-order valence-corrected chi connectivity index (χ4v) is 2.60. The van der Waals surface area contributed by atoms with Gasteiger partial charge in [-0.2, -0.15) is 0 Å². The third kappa shape index (κ3) is 3.47. The van der Waals surface area contributed by atoms with Crippen molar-refractivity contribution in [1.29, 1.82) is 0 Å². The molecule has 0 fully saturated rings. The van der Waals surface area contributed by atoms with Crippen molar-refractivity contribution < 1.29 is 23.8 Å². The highest BCUT2D eigenvalue weighted by molar-refractivity contribution is 6.03. The van der Waals surface area contributed by atoms with E-state index in [1.807, 2.05) is 0 Å². The van der Waals surface area contributed by atoms with E-state index in [9.17, 15) is 9.59 Å². The normalized spacial score (nSPS) is 10.3. The largest absolute Gasteiger partial charge is 0.496 e. The highest BCUT2D eigenvalue weighted by atomic mass is 16.5. The number of fused-ring (bicyclic) bond motifs is 1. The number of ether oxygens (including phenoxy) is 3. The first kappa shape index (κ1) is 18.1. The maximum Gasteiger partial charge on any atom is 0.288 e. The molecule has 0 aliphatic heterocycles. The Balaban J connectivity index is 1.86. The van der Waals surface area contributed by atoms with Gasteiger partial charge in [0.25, 0.3) is 11.8 Å². The summed E-state index contributed by atoms with van der Waals surface area (Å²) in [6.07, 6.45) is 1.49. The number of amides is 2. The maximum absolute atomic E-state index is 12.4. The zero-order valence-corrected chi connectivity index (χ0v) is 15.0. The topological polar surface area (TPSA) is 115 Å². The minimum absolute atomic E-state index is 0.183. The average Bonchev–Trinajstić information content (AvgIpc) is 3.16. The van der Waals surface area contributed by atoms with Gasteiger partial charge in [-0.1, -0.05) is 6.07 Å². The summed E-state index contributed by atoms with van der Waals surface area (Å²) in [5.41, 5.74) is 5.58. The van der Waals surface area contributed by atoms with Crippen LogP contribution in [0.3, 0.4) is 0 Å². The second kappa shape index (κ2) is 7.65. The molecular weight excluding hydrogens is 352 g/mol. The summed E-state index contributed by atoms with van der Waals surface area (Å²) >= 11 is 0. The van der Waals surface area contributed by atoms with Gasteiger partial charge < -0.3 is 19.2 Å². The number of hydrogen-bond acceptors (Lipinski definition) is 6. The molecule has 2 amide bonds. The van der Waals surface area contributed by atoms with Gasteiger partial charge in [-0.25, -0.2) is 0 Å². The predicted molar refractivity (Wildman–Crippen MR) is 97.1 cm³/mol.